The Labute approximate surface area is 172 Å². The molecule has 0 saturated carbocycles. The predicted octanol–water partition coefficient (Wildman–Crippen LogP) is 1.99. The average molecular weight is 469 g/mol. The molecule has 8 nitrogen and oxygen atoms in total. The first kappa shape index (κ1) is 20.7. The second kappa shape index (κ2) is 8.56. The van der Waals surface area contributed by atoms with Crippen LogP contribution < -0.4 is 4.90 Å². The summed E-state index contributed by atoms with van der Waals surface area (Å²) in [5.74, 6) is 0.764. The van der Waals surface area contributed by atoms with Crippen molar-refractivity contribution in [3.63, 3.8) is 0 Å². The highest BCUT2D eigenvalue weighted by molar-refractivity contribution is 9.10. The number of carbonyl (C=O) groups is 1. The number of nitrogens with zero attached hydrogens (tertiary/aromatic N) is 4. The number of amides is 1. The van der Waals surface area contributed by atoms with Crippen LogP contribution in [-0.4, -0.2) is 69.0 Å². The number of halogens is 1. The fraction of sp³-hybridized carbons (Fsp3) is 0.333. The van der Waals surface area contributed by atoms with Crippen LogP contribution in [0.3, 0.4) is 0 Å². The molecule has 1 saturated heterocycles. The van der Waals surface area contributed by atoms with Gasteiger partial charge in [-0.3, -0.25) is 9.63 Å². The number of anilines is 1. The smallest absolute Gasteiger partial charge is 0.264 e. The highest BCUT2D eigenvalue weighted by Gasteiger charge is 2.24. The summed E-state index contributed by atoms with van der Waals surface area (Å²) >= 11 is 3.37. The van der Waals surface area contributed by atoms with E-state index in [9.17, 15) is 13.2 Å². The van der Waals surface area contributed by atoms with Crippen molar-refractivity contribution in [3.05, 3.63) is 52.6 Å². The molecule has 2 heterocycles. The third-order valence-corrected chi connectivity index (χ3v) is 6.76. The zero-order valence-corrected chi connectivity index (χ0v) is 18.0. The van der Waals surface area contributed by atoms with E-state index in [0.29, 0.717) is 31.7 Å². The van der Waals surface area contributed by atoms with Crippen molar-refractivity contribution in [2.24, 2.45) is 0 Å². The molecule has 0 spiro atoms. The summed E-state index contributed by atoms with van der Waals surface area (Å²) in [5, 5.41) is 0. The van der Waals surface area contributed by atoms with Gasteiger partial charge in [-0.25, -0.2) is 13.4 Å². The molecule has 0 atom stereocenters. The fourth-order valence-corrected chi connectivity index (χ4v) is 4.10. The minimum Gasteiger partial charge on any atom is -0.353 e. The quantitative estimate of drug-likeness (QED) is 0.623. The third-order valence-electron chi connectivity index (χ3n) is 4.60. The number of carbonyl (C=O) groups excluding carboxylic acids is 1. The molecule has 1 aromatic carbocycles. The molecule has 10 heteroatoms. The normalized spacial score (nSPS) is 15.1. The first-order chi connectivity index (χ1) is 13.3. The standard InChI is InChI=1S/C18H21BrN4O4S/c1-21(27-2)28(25,26)16-6-3-14(4-7-16)18(24)23-11-9-22(10-12-23)17-8-5-15(19)13-20-17/h3-8,13H,9-12H2,1-2H3. The minimum atomic E-state index is -3.73. The molecular weight excluding hydrogens is 448 g/mol. The van der Waals surface area contributed by atoms with E-state index in [1.165, 1.54) is 38.4 Å². The van der Waals surface area contributed by atoms with E-state index >= 15 is 0 Å². The zero-order chi connectivity index (χ0) is 20.3. The topological polar surface area (TPSA) is 83.0 Å². The van der Waals surface area contributed by atoms with E-state index in [0.717, 1.165) is 14.8 Å². The Morgan fingerprint density at radius 2 is 1.75 bits per heavy atom. The Kier molecular flexibility index (Phi) is 6.33. The van der Waals surface area contributed by atoms with Crippen LogP contribution in [0.5, 0.6) is 0 Å². The summed E-state index contributed by atoms with van der Waals surface area (Å²) in [6.45, 7) is 2.52. The lowest BCUT2D eigenvalue weighted by Crippen LogP contribution is -2.49. The van der Waals surface area contributed by atoms with E-state index < -0.39 is 10.0 Å². The fourth-order valence-electron chi connectivity index (χ4n) is 2.89. The summed E-state index contributed by atoms with van der Waals surface area (Å²) in [6, 6.07) is 9.77. The highest BCUT2D eigenvalue weighted by atomic mass is 79.9. The van der Waals surface area contributed by atoms with Crippen molar-refractivity contribution >= 4 is 37.7 Å². The number of piperazine rings is 1. The van der Waals surface area contributed by atoms with E-state index in [2.05, 4.69) is 25.8 Å². The second-order valence-electron chi connectivity index (χ2n) is 6.24. The Morgan fingerprint density at radius 3 is 2.29 bits per heavy atom. The van der Waals surface area contributed by atoms with Gasteiger partial charge in [-0.2, -0.15) is 0 Å². The molecule has 1 aromatic heterocycles. The van der Waals surface area contributed by atoms with Gasteiger partial charge in [0.25, 0.3) is 15.9 Å². The number of sulfonamides is 1. The molecule has 0 unspecified atom stereocenters. The number of hydrogen-bond donors (Lipinski definition) is 0. The Hall–Kier alpha value is -2.01. The van der Waals surface area contributed by atoms with Gasteiger partial charge in [0.1, 0.15) is 5.82 Å². The van der Waals surface area contributed by atoms with Gasteiger partial charge in [-0.15, -0.1) is 0 Å². The number of hydrogen-bond acceptors (Lipinski definition) is 6. The Morgan fingerprint density at radius 1 is 1.11 bits per heavy atom. The maximum absolute atomic E-state index is 12.7. The lowest BCUT2D eigenvalue weighted by molar-refractivity contribution is -0.0258. The molecule has 1 aliphatic rings. The molecule has 0 radical (unpaired) electrons. The van der Waals surface area contributed by atoms with Gasteiger partial charge in [0, 0.05) is 49.5 Å². The van der Waals surface area contributed by atoms with Crippen LogP contribution in [0.15, 0.2) is 52.0 Å². The summed E-state index contributed by atoms with van der Waals surface area (Å²) in [7, 11) is -1.14. The van der Waals surface area contributed by atoms with E-state index in [-0.39, 0.29) is 10.8 Å². The molecule has 0 bridgehead atoms. The molecule has 28 heavy (non-hydrogen) atoms. The van der Waals surface area contributed by atoms with Crippen LogP contribution in [-0.2, 0) is 14.9 Å². The zero-order valence-electron chi connectivity index (χ0n) is 15.6. The van der Waals surface area contributed by atoms with Gasteiger partial charge in [0.05, 0.1) is 12.0 Å². The van der Waals surface area contributed by atoms with Gasteiger partial charge in [-0.1, -0.05) is 4.47 Å². The predicted molar refractivity (Wildman–Crippen MR) is 108 cm³/mol. The monoisotopic (exact) mass is 468 g/mol. The number of pyridine rings is 1. The molecule has 0 N–H and O–H groups in total. The molecule has 1 aliphatic heterocycles. The third kappa shape index (κ3) is 4.35. The van der Waals surface area contributed by atoms with Crippen LogP contribution >= 0.6 is 15.9 Å². The van der Waals surface area contributed by atoms with Gasteiger partial charge in [0.2, 0.25) is 0 Å². The van der Waals surface area contributed by atoms with Gasteiger partial charge in [0.15, 0.2) is 0 Å². The summed E-state index contributed by atoms with van der Waals surface area (Å²) in [4.78, 5) is 25.8. The van der Waals surface area contributed by atoms with Crippen molar-refractivity contribution < 1.29 is 18.0 Å². The average Bonchev–Trinajstić information content (AvgIpc) is 2.73. The van der Waals surface area contributed by atoms with Crippen molar-refractivity contribution in [2.45, 2.75) is 4.90 Å². The molecule has 3 rings (SSSR count). The molecule has 1 amide bonds. The molecule has 1 fully saturated rings. The number of rotatable bonds is 5. The summed E-state index contributed by atoms with van der Waals surface area (Å²) in [5.41, 5.74) is 0.453. The SMILES string of the molecule is CON(C)S(=O)(=O)c1ccc(C(=O)N2CCN(c3ccc(Br)cn3)CC2)cc1. The number of benzene rings is 1. The van der Waals surface area contributed by atoms with Crippen LogP contribution in [0.25, 0.3) is 0 Å². The van der Waals surface area contributed by atoms with Crippen molar-refractivity contribution in [3.8, 4) is 0 Å². The van der Waals surface area contributed by atoms with Crippen LogP contribution in [0.1, 0.15) is 10.4 Å². The second-order valence-corrected chi connectivity index (χ2v) is 9.09. The molecule has 150 valence electrons. The summed E-state index contributed by atoms with van der Waals surface area (Å²) < 4.78 is 26.2. The molecule has 2 aromatic rings. The van der Waals surface area contributed by atoms with Crippen molar-refractivity contribution in [1.29, 1.82) is 0 Å². The Bertz CT molecular complexity index is 927. The first-order valence-corrected chi connectivity index (χ1v) is 10.8. The van der Waals surface area contributed by atoms with E-state index in [1.54, 1.807) is 11.1 Å². The highest BCUT2D eigenvalue weighted by Crippen LogP contribution is 2.19. The van der Waals surface area contributed by atoms with Crippen molar-refractivity contribution in [1.82, 2.24) is 14.4 Å². The van der Waals surface area contributed by atoms with Crippen LogP contribution in [0.2, 0.25) is 0 Å². The number of aromatic nitrogens is 1. The van der Waals surface area contributed by atoms with Crippen molar-refractivity contribution in [2.75, 3.05) is 45.2 Å². The molecular formula is C18H21BrN4O4S. The largest absolute Gasteiger partial charge is 0.353 e. The van der Waals surface area contributed by atoms with E-state index in [1.807, 2.05) is 12.1 Å². The van der Waals surface area contributed by atoms with Crippen LogP contribution in [0.4, 0.5) is 5.82 Å². The van der Waals surface area contributed by atoms with E-state index in [4.69, 9.17) is 4.84 Å². The molecule has 0 aliphatic carbocycles. The maximum Gasteiger partial charge on any atom is 0.264 e. The first-order valence-electron chi connectivity index (χ1n) is 8.62. The van der Waals surface area contributed by atoms with Gasteiger partial charge < -0.3 is 9.80 Å². The maximum atomic E-state index is 12.7. The Balaban J connectivity index is 1.64. The van der Waals surface area contributed by atoms with Gasteiger partial charge >= 0.3 is 0 Å². The van der Waals surface area contributed by atoms with Crippen LogP contribution in [0, 0.1) is 0 Å². The minimum absolute atomic E-state index is 0.0690. The lowest BCUT2D eigenvalue weighted by atomic mass is 10.2. The number of hydroxylamine groups is 1. The van der Waals surface area contributed by atoms with Gasteiger partial charge in [-0.05, 0) is 52.3 Å². The summed E-state index contributed by atoms with van der Waals surface area (Å²) in [6.07, 6.45) is 1.75. The lowest BCUT2D eigenvalue weighted by Gasteiger charge is -2.35.